The zero-order valence-electron chi connectivity index (χ0n) is 9.26. The maximum absolute atomic E-state index is 11.5. The number of hydrogen-bond donors (Lipinski definition) is 0. The van der Waals surface area contributed by atoms with Gasteiger partial charge in [0.1, 0.15) is 0 Å². The zero-order chi connectivity index (χ0) is 12.5. The van der Waals surface area contributed by atoms with Crippen LogP contribution in [0.2, 0.25) is 5.02 Å². The predicted molar refractivity (Wildman–Crippen MR) is 61.5 cm³/mol. The Labute approximate surface area is 98.4 Å². The molecule has 0 unspecified atom stereocenters. The molecular formula is C12H11ClO3. The first kappa shape index (κ1) is 12.6. The molecule has 0 saturated heterocycles. The lowest BCUT2D eigenvalue weighted by Crippen LogP contribution is -2.11. The fourth-order valence-electron chi connectivity index (χ4n) is 1.54. The third kappa shape index (κ3) is 2.36. The molecule has 0 radical (unpaired) electrons. The van der Waals surface area contributed by atoms with Gasteiger partial charge in [-0.25, -0.2) is 0 Å². The summed E-state index contributed by atoms with van der Waals surface area (Å²) in [5.41, 5.74) is 0.555. The van der Waals surface area contributed by atoms with Crippen molar-refractivity contribution in [3.05, 3.63) is 33.8 Å². The highest BCUT2D eigenvalue weighted by molar-refractivity contribution is 6.32. The van der Waals surface area contributed by atoms with Crippen LogP contribution in [-0.4, -0.2) is 17.3 Å². The van der Waals surface area contributed by atoms with Crippen molar-refractivity contribution in [1.29, 1.82) is 0 Å². The van der Waals surface area contributed by atoms with Crippen LogP contribution in [0.1, 0.15) is 51.8 Å². The molecule has 0 aliphatic heterocycles. The molecule has 0 fully saturated rings. The number of Topliss-reactive ketones (excluding diaryl/α,β-unsaturated/α-hetero) is 3. The van der Waals surface area contributed by atoms with Gasteiger partial charge < -0.3 is 0 Å². The summed E-state index contributed by atoms with van der Waals surface area (Å²) in [6.07, 6.45) is 0. The molecule has 0 aliphatic rings. The molecular weight excluding hydrogens is 228 g/mol. The van der Waals surface area contributed by atoms with E-state index in [2.05, 4.69) is 0 Å². The van der Waals surface area contributed by atoms with Crippen molar-refractivity contribution in [2.75, 3.05) is 0 Å². The Bertz CT molecular complexity index is 454. The average Bonchev–Trinajstić information content (AvgIpc) is 2.15. The van der Waals surface area contributed by atoms with Crippen LogP contribution >= 0.6 is 11.6 Å². The quantitative estimate of drug-likeness (QED) is 0.761. The van der Waals surface area contributed by atoms with Gasteiger partial charge in [0.2, 0.25) is 0 Å². The van der Waals surface area contributed by atoms with Gasteiger partial charge in [0, 0.05) is 21.7 Å². The van der Waals surface area contributed by atoms with Gasteiger partial charge in [0.05, 0.1) is 0 Å². The topological polar surface area (TPSA) is 51.2 Å². The molecule has 0 aromatic heterocycles. The normalized spacial score (nSPS) is 10.0. The van der Waals surface area contributed by atoms with E-state index in [9.17, 15) is 14.4 Å². The van der Waals surface area contributed by atoms with E-state index in [0.29, 0.717) is 0 Å². The van der Waals surface area contributed by atoms with Gasteiger partial charge in [-0.05, 0) is 32.9 Å². The Hall–Kier alpha value is -1.48. The van der Waals surface area contributed by atoms with Gasteiger partial charge >= 0.3 is 0 Å². The number of ketones is 3. The second-order valence-electron chi connectivity index (χ2n) is 3.54. The van der Waals surface area contributed by atoms with E-state index in [4.69, 9.17) is 11.6 Å². The van der Waals surface area contributed by atoms with E-state index < -0.39 is 0 Å². The van der Waals surface area contributed by atoms with Crippen LogP contribution in [0.4, 0.5) is 0 Å². The van der Waals surface area contributed by atoms with E-state index >= 15 is 0 Å². The third-order valence-corrected chi connectivity index (χ3v) is 2.43. The highest BCUT2D eigenvalue weighted by atomic mass is 35.5. The number of hydrogen-bond acceptors (Lipinski definition) is 3. The van der Waals surface area contributed by atoms with E-state index in [1.807, 2.05) is 0 Å². The fourth-order valence-corrected chi connectivity index (χ4v) is 1.76. The summed E-state index contributed by atoms with van der Waals surface area (Å²) in [6, 6.07) is 2.82. The van der Waals surface area contributed by atoms with Crippen LogP contribution in [0.25, 0.3) is 0 Å². The molecule has 4 heteroatoms. The SMILES string of the molecule is CC(=O)c1cc(Cl)cc(C(C)=O)c1C(C)=O. The molecule has 0 amide bonds. The Morgan fingerprint density at radius 1 is 0.875 bits per heavy atom. The maximum atomic E-state index is 11.5. The van der Waals surface area contributed by atoms with Crippen LogP contribution in [0.5, 0.6) is 0 Å². The van der Waals surface area contributed by atoms with E-state index in [1.165, 1.54) is 32.9 Å². The molecule has 0 saturated carbocycles. The van der Waals surface area contributed by atoms with Gasteiger partial charge in [-0.3, -0.25) is 14.4 Å². The Morgan fingerprint density at radius 2 is 1.25 bits per heavy atom. The fraction of sp³-hybridized carbons (Fsp3) is 0.250. The lowest BCUT2D eigenvalue weighted by Gasteiger charge is -2.09. The van der Waals surface area contributed by atoms with Gasteiger partial charge in [-0.2, -0.15) is 0 Å². The summed E-state index contributed by atoms with van der Waals surface area (Å²) in [5, 5.41) is 0.278. The number of benzene rings is 1. The summed E-state index contributed by atoms with van der Waals surface area (Å²) in [7, 11) is 0. The minimum atomic E-state index is -0.313. The van der Waals surface area contributed by atoms with Crippen molar-refractivity contribution in [2.24, 2.45) is 0 Å². The van der Waals surface area contributed by atoms with E-state index in [1.54, 1.807) is 0 Å². The van der Waals surface area contributed by atoms with Crippen LogP contribution in [0.3, 0.4) is 0 Å². The van der Waals surface area contributed by atoms with Crippen LogP contribution in [0, 0.1) is 0 Å². The summed E-state index contributed by atoms with van der Waals surface area (Å²) in [6.45, 7) is 3.99. The summed E-state index contributed by atoms with van der Waals surface area (Å²) >= 11 is 5.80. The number of carbonyl (C=O) groups is 3. The van der Waals surface area contributed by atoms with Gasteiger partial charge in [0.15, 0.2) is 17.3 Å². The molecule has 1 rings (SSSR count). The number of halogens is 1. The number of rotatable bonds is 3. The van der Waals surface area contributed by atoms with Crippen LogP contribution < -0.4 is 0 Å². The van der Waals surface area contributed by atoms with E-state index in [-0.39, 0.29) is 39.1 Å². The van der Waals surface area contributed by atoms with Gasteiger partial charge in [-0.15, -0.1) is 0 Å². The minimum Gasteiger partial charge on any atom is -0.294 e. The standard InChI is InChI=1S/C12H11ClO3/c1-6(14)10-4-9(13)5-11(7(2)15)12(10)8(3)16/h4-5H,1-3H3. The number of carbonyl (C=O) groups excluding carboxylic acids is 3. The van der Waals surface area contributed by atoms with Gasteiger partial charge in [0.25, 0.3) is 0 Å². The van der Waals surface area contributed by atoms with Crippen molar-refractivity contribution < 1.29 is 14.4 Å². The van der Waals surface area contributed by atoms with Crippen molar-refractivity contribution in [2.45, 2.75) is 20.8 Å². The van der Waals surface area contributed by atoms with Crippen LogP contribution in [-0.2, 0) is 0 Å². The smallest absolute Gasteiger partial charge is 0.161 e. The summed E-state index contributed by atoms with van der Waals surface area (Å²) < 4.78 is 0. The first-order valence-electron chi connectivity index (χ1n) is 4.71. The molecule has 84 valence electrons. The molecule has 1 aromatic carbocycles. The Balaban J connectivity index is 3.67. The highest BCUT2D eigenvalue weighted by Gasteiger charge is 2.19. The van der Waals surface area contributed by atoms with Crippen molar-refractivity contribution >= 4 is 29.0 Å². The molecule has 0 N–H and O–H groups in total. The first-order valence-corrected chi connectivity index (χ1v) is 5.08. The van der Waals surface area contributed by atoms with Crippen molar-refractivity contribution in [1.82, 2.24) is 0 Å². The molecule has 0 atom stereocenters. The monoisotopic (exact) mass is 238 g/mol. The first-order chi connectivity index (χ1) is 7.34. The van der Waals surface area contributed by atoms with Gasteiger partial charge in [-0.1, -0.05) is 11.6 Å². The second-order valence-corrected chi connectivity index (χ2v) is 3.98. The van der Waals surface area contributed by atoms with Crippen molar-refractivity contribution in [3.8, 4) is 0 Å². The lowest BCUT2D eigenvalue weighted by molar-refractivity contribution is 0.0968. The minimum absolute atomic E-state index is 0.157. The maximum Gasteiger partial charge on any atom is 0.161 e. The largest absolute Gasteiger partial charge is 0.294 e. The lowest BCUT2D eigenvalue weighted by atomic mass is 9.94. The Kier molecular flexibility index (Phi) is 3.60. The molecule has 0 spiro atoms. The third-order valence-electron chi connectivity index (χ3n) is 2.21. The predicted octanol–water partition coefficient (Wildman–Crippen LogP) is 2.95. The van der Waals surface area contributed by atoms with Crippen molar-refractivity contribution in [3.63, 3.8) is 0 Å². The molecule has 16 heavy (non-hydrogen) atoms. The van der Waals surface area contributed by atoms with Crippen LogP contribution in [0.15, 0.2) is 12.1 Å². The second kappa shape index (κ2) is 4.58. The molecule has 0 heterocycles. The van der Waals surface area contributed by atoms with E-state index in [0.717, 1.165) is 0 Å². The molecule has 3 nitrogen and oxygen atoms in total. The summed E-state index contributed by atoms with van der Waals surface area (Å²) in [4.78, 5) is 34.2. The molecule has 0 bridgehead atoms. The highest BCUT2D eigenvalue weighted by Crippen LogP contribution is 2.23. The molecule has 1 aromatic rings. The average molecular weight is 239 g/mol. The molecule has 0 aliphatic carbocycles. The summed E-state index contributed by atoms with van der Waals surface area (Å²) in [5.74, 6) is -0.877. The zero-order valence-corrected chi connectivity index (χ0v) is 10.0. The Morgan fingerprint density at radius 3 is 1.50 bits per heavy atom.